The van der Waals surface area contributed by atoms with Crippen LogP contribution >= 0.6 is 15.9 Å². The first kappa shape index (κ1) is 11.1. The molecule has 0 atom stereocenters. The lowest BCUT2D eigenvalue weighted by Gasteiger charge is -2.19. The van der Waals surface area contributed by atoms with E-state index in [0.717, 1.165) is 4.47 Å². The van der Waals surface area contributed by atoms with E-state index < -0.39 is 0 Å². The molecule has 1 aromatic rings. The zero-order valence-corrected chi connectivity index (χ0v) is 11.0. The van der Waals surface area contributed by atoms with Crippen molar-refractivity contribution in [3.05, 3.63) is 22.2 Å². The van der Waals surface area contributed by atoms with Gasteiger partial charge in [0.15, 0.2) is 17.3 Å². The molecule has 4 heteroatoms. The minimum atomic E-state index is 0.191. The monoisotopic (exact) mass is 296 g/mol. The molecular weight excluding hydrogens is 284 g/mol. The van der Waals surface area contributed by atoms with E-state index in [1.807, 2.05) is 6.07 Å². The van der Waals surface area contributed by atoms with Crippen molar-refractivity contribution in [2.75, 3.05) is 13.2 Å². The first-order valence-corrected chi connectivity index (χ1v) is 6.65. The highest BCUT2D eigenvalue weighted by Gasteiger charge is 2.27. The molecule has 1 heterocycles. The van der Waals surface area contributed by atoms with Gasteiger partial charge in [-0.2, -0.15) is 0 Å². The Morgan fingerprint density at radius 1 is 1.24 bits per heavy atom. The van der Waals surface area contributed by atoms with Gasteiger partial charge in [0.1, 0.15) is 13.2 Å². The summed E-state index contributed by atoms with van der Waals surface area (Å²) in [6.45, 7) is 1.11. The Morgan fingerprint density at radius 2 is 1.88 bits per heavy atom. The van der Waals surface area contributed by atoms with Gasteiger partial charge in [-0.25, -0.2) is 0 Å². The van der Waals surface area contributed by atoms with Crippen LogP contribution in [0.5, 0.6) is 11.5 Å². The number of carbonyl (C=O) groups excluding carboxylic acids is 1. The van der Waals surface area contributed by atoms with Gasteiger partial charge in [-0.1, -0.05) is 0 Å². The molecule has 1 aromatic carbocycles. The molecule has 0 bridgehead atoms. The number of rotatable bonds is 3. The summed E-state index contributed by atoms with van der Waals surface area (Å²) < 4.78 is 11.8. The lowest BCUT2D eigenvalue weighted by Crippen LogP contribution is -2.16. The van der Waals surface area contributed by atoms with E-state index in [0.29, 0.717) is 42.6 Å². The Bertz CT molecular complexity index is 466. The molecule has 1 fully saturated rings. The van der Waals surface area contributed by atoms with Crippen LogP contribution in [-0.2, 0) is 0 Å². The molecule has 0 amide bonds. The minimum Gasteiger partial charge on any atom is -0.486 e. The summed E-state index contributed by atoms with van der Waals surface area (Å²) in [7, 11) is 0. The molecule has 3 rings (SSSR count). The summed E-state index contributed by atoms with van der Waals surface area (Å²) in [4.78, 5) is 12.1. The largest absolute Gasteiger partial charge is 0.486 e. The molecule has 2 aliphatic rings. The van der Waals surface area contributed by atoms with Crippen LogP contribution < -0.4 is 9.47 Å². The highest BCUT2D eigenvalue weighted by Crippen LogP contribution is 2.38. The third-order valence-corrected chi connectivity index (χ3v) is 3.76. The van der Waals surface area contributed by atoms with Crippen LogP contribution in [0, 0.1) is 5.92 Å². The van der Waals surface area contributed by atoms with Crippen LogP contribution in [0.1, 0.15) is 29.6 Å². The van der Waals surface area contributed by atoms with Crippen LogP contribution in [0.15, 0.2) is 16.6 Å². The topological polar surface area (TPSA) is 35.5 Å². The standard InChI is InChI=1S/C13H13BrO3/c14-10-7-13-12(16-3-4-17-13)6-9(10)11(15)5-8-1-2-8/h6-8H,1-5H2. The first-order valence-electron chi connectivity index (χ1n) is 5.86. The van der Waals surface area contributed by atoms with Gasteiger partial charge >= 0.3 is 0 Å². The van der Waals surface area contributed by atoms with Gasteiger partial charge in [0.25, 0.3) is 0 Å². The molecular formula is C13H13BrO3. The second-order valence-corrected chi connectivity index (χ2v) is 5.40. The number of ketones is 1. The van der Waals surface area contributed by atoms with Crippen LogP contribution in [0.25, 0.3) is 0 Å². The number of fused-ring (bicyclic) bond motifs is 1. The Labute approximate surface area is 108 Å². The number of hydrogen-bond donors (Lipinski definition) is 0. The predicted octanol–water partition coefficient (Wildman–Crippen LogP) is 3.20. The third-order valence-electron chi connectivity index (χ3n) is 3.10. The second-order valence-electron chi connectivity index (χ2n) is 4.55. The van der Waals surface area contributed by atoms with Gasteiger partial charge < -0.3 is 9.47 Å². The van der Waals surface area contributed by atoms with Crippen molar-refractivity contribution >= 4 is 21.7 Å². The first-order chi connectivity index (χ1) is 8.24. The van der Waals surface area contributed by atoms with E-state index in [1.165, 1.54) is 12.8 Å². The molecule has 1 aliphatic carbocycles. The van der Waals surface area contributed by atoms with Gasteiger partial charge in [-0.3, -0.25) is 4.79 Å². The van der Waals surface area contributed by atoms with E-state index in [4.69, 9.17) is 9.47 Å². The lowest BCUT2D eigenvalue weighted by atomic mass is 10.1. The average Bonchev–Trinajstić information content (AvgIpc) is 3.12. The molecule has 1 saturated carbocycles. The average molecular weight is 297 g/mol. The summed E-state index contributed by atoms with van der Waals surface area (Å²) in [5, 5.41) is 0. The maximum atomic E-state index is 12.1. The van der Waals surface area contributed by atoms with E-state index in [-0.39, 0.29) is 5.78 Å². The van der Waals surface area contributed by atoms with Crippen molar-refractivity contribution in [2.24, 2.45) is 5.92 Å². The van der Waals surface area contributed by atoms with Gasteiger partial charge in [0, 0.05) is 16.5 Å². The molecule has 0 unspecified atom stereocenters. The molecule has 0 radical (unpaired) electrons. The highest BCUT2D eigenvalue weighted by atomic mass is 79.9. The fraction of sp³-hybridized carbons (Fsp3) is 0.462. The molecule has 90 valence electrons. The van der Waals surface area contributed by atoms with E-state index in [2.05, 4.69) is 15.9 Å². The van der Waals surface area contributed by atoms with Crippen LogP contribution in [0.4, 0.5) is 0 Å². The second kappa shape index (κ2) is 4.33. The quantitative estimate of drug-likeness (QED) is 0.804. The number of carbonyl (C=O) groups is 1. The van der Waals surface area contributed by atoms with Crippen LogP contribution in [0.2, 0.25) is 0 Å². The fourth-order valence-corrected chi connectivity index (χ4v) is 2.52. The zero-order chi connectivity index (χ0) is 11.8. The third kappa shape index (κ3) is 2.32. The van der Waals surface area contributed by atoms with Gasteiger partial charge in [0.05, 0.1) is 0 Å². The fourth-order valence-electron chi connectivity index (χ4n) is 1.97. The molecule has 17 heavy (non-hydrogen) atoms. The summed E-state index contributed by atoms with van der Waals surface area (Å²) in [6, 6.07) is 3.62. The normalized spacial score (nSPS) is 17.9. The number of Topliss-reactive ketones (excluding diaryl/α,β-unsaturated/α-hetero) is 1. The molecule has 0 saturated heterocycles. The molecule has 1 aliphatic heterocycles. The van der Waals surface area contributed by atoms with Crippen molar-refractivity contribution < 1.29 is 14.3 Å². The Balaban J connectivity index is 1.89. The zero-order valence-electron chi connectivity index (χ0n) is 9.37. The van der Waals surface area contributed by atoms with Crippen LogP contribution in [0.3, 0.4) is 0 Å². The number of halogens is 1. The number of ether oxygens (including phenoxy) is 2. The number of hydrogen-bond acceptors (Lipinski definition) is 3. The molecule has 0 N–H and O–H groups in total. The van der Waals surface area contributed by atoms with E-state index in [1.54, 1.807) is 6.07 Å². The van der Waals surface area contributed by atoms with Crippen molar-refractivity contribution in [2.45, 2.75) is 19.3 Å². The van der Waals surface area contributed by atoms with Gasteiger partial charge in [0.2, 0.25) is 0 Å². The van der Waals surface area contributed by atoms with E-state index >= 15 is 0 Å². The van der Waals surface area contributed by atoms with Crippen molar-refractivity contribution in [1.29, 1.82) is 0 Å². The van der Waals surface area contributed by atoms with Crippen LogP contribution in [-0.4, -0.2) is 19.0 Å². The smallest absolute Gasteiger partial charge is 0.164 e. The molecule has 3 nitrogen and oxygen atoms in total. The summed E-state index contributed by atoms with van der Waals surface area (Å²) >= 11 is 3.43. The van der Waals surface area contributed by atoms with E-state index in [9.17, 15) is 4.79 Å². The highest BCUT2D eigenvalue weighted by molar-refractivity contribution is 9.10. The molecule has 0 spiro atoms. The molecule has 0 aromatic heterocycles. The van der Waals surface area contributed by atoms with Crippen molar-refractivity contribution in [3.63, 3.8) is 0 Å². The predicted molar refractivity (Wildman–Crippen MR) is 66.8 cm³/mol. The van der Waals surface area contributed by atoms with Crippen molar-refractivity contribution in [1.82, 2.24) is 0 Å². The summed E-state index contributed by atoms with van der Waals surface area (Å²) in [5.41, 5.74) is 0.709. The SMILES string of the molecule is O=C(CC1CC1)c1cc2c(cc1Br)OCCO2. The maximum absolute atomic E-state index is 12.1. The summed E-state index contributed by atoms with van der Waals surface area (Å²) in [5.74, 6) is 2.18. The van der Waals surface area contributed by atoms with Gasteiger partial charge in [-0.05, 0) is 46.8 Å². The lowest BCUT2D eigenvalue weighted by molar-refractivity contribution is 0.0974. The Kier molecular flexibility index (Phi) is 2.82. The Morgan fingerprint density at radius 3 is 2.53 bits per heavy atom. The summed E-state index contributed by atoms with van der Waals surface area (Å²) in [6.07, 6.45) is 3.03. The van der Waals surface area contributed by atoms with Crippen molar-refractivity contribution in [3.8, 4) is 11.5 Å². The number of benzene rings is 1. The van der Waals surface area contributed by atoms with Gasteiger partial charge in [-0.15, -0.1) is 0 Å². The maximum Gasteiger partial charge on any atom is 0.164 e. The Hall–Kier alpha value is -1.03. The minimum absolute atomic E-state index is 0.191.